The van der Waals surface area contributed by atoms with Crippen LogP contribution in [0.2, 0.25) is 0 Å². The molecule has 4 nitrogen and oxygen atoms in total. The van der Waals surface area contributed by atoms with Gasteiger partial charge in [0.25, 0.3) is 0 Å². The molecule has 0 aromatic heterocycles. The Morgan fingerprint density at radius 2 is 1.68 bits per heavy atom. The summed E-state index contributed by atoms with van der Waals surface area (Å²) >= 11 is 0. The van der Waals surface area contributed by atoms with Crippen molar-refractivity contribution >= 4 is 6.29 Å². The first-order chi connectivity index (χ1) is 9.26. The van der Waals surface area contributed by atoms with Gasteiger partial charge in [0.15, 0.2) is 6.29 Å². The molecule has 1 rings (SSSR count). The maximum atomic E-state index is 11.0. The number of carbonyl (C=O) groups excluding carboxylic acids is 1. The quantitative estimate of drug-likeness (QED) is 0.507. The second kappa shape index (κ2) is 8.40. The average molecular weight is 266 g/mol. The lowest BCUT2D eigenvalue weighted by atomic mass is 10.2. The Morgan fingerprint density at radius 3 is 2.16 bits per heavy atom. The molecular formula is C15H22O4. The second-order valence-corrected chi connectivity index (χ2v) is 4.27. The Bertz CT molecular complexity index is 376. The first-order valence-corrected chi connectivity index (χ1v) is 6.60. The zero-order valence-corrected chi connectivity index (χ0v) is 11.9. The molecule has 0 atom stereocenters. The maximum Gasteiger partial charge on any atom is 0.157 e. The van der Waals surface area contributed by atoms with E-state index in [2.05, 4.69) is 6.92 Å². The zero-order chi connectivity index (χ0) is 14.1. The minimum absolute atomic E-state index is 0.406. The van der Waals surface area contributed by atoms with Gasteiger partial charge in [-0.05, 0) is 6.42 Å². The van der Waals surface area contributed by atoms with Crippen molar-refractivity contribution in [3.05, 3.63) is 17.7 Å². The van der Waals surface area contributed by atoms with Crippen molar-refractivity contribution in [2.45, 2.75) is 32.6 Å². The molecular weight excluding hydrogens is 244 g/mol. The van der Waals surface area contributed by atoms with Crippen molar-refractivity contribution in [2.75, 3.05) is 20.8 Å². The summed E-state index contributed by atoms with van der Waals surface area (Å²) < 4.78 is 16.0. The van der Waals surface area contributed by atoms with Gasteiger partial charge in [-0.2, -0.15) is 0 Å². The van der Waals surface area contributed by atoms with E-state index in [4.69, 9.17) is 14.2 Å². The number of hydrogen-bond acceptors (Lipinski definition) is 4. The molecule has 0 amide bonds. The van der Waals surface area contributed by atoms with Gasteiger partial charge < -0.3 is 14.2 Å². The molecule has 0 saturated carbocycles. The fourth-order valence-corrected chi connectivity index (χ4v) is 1.83. The molecule has 0 aliphatic heterocycles. The van der Waals surface area contributed by atoms with Crippen LogP contribution in [0.3, 0.4) is 0 Å². The Labute approximate surface area is 114 Å². The Kier molecular flexibility index (Phi) is 6.79. The predicted octanol–water partition coefficient (Wildman–Crippen LogP) is 3.48. The van der Waals surface area contributed by atoms with Crippen molar-refractivity contribution in [3.8, 4) is 17.2 Å². The van der Waals surface area contributed by atoms with E-state index in [0.717, 1.165) is 19.1 Å². The molecule has 1 aromatic carbocycles. The summed E-state index contributed by atoms with van der Waals surface area (Å²) in [5.41, 5.74) is 0.406. The van der Waals surface area contributed by atoms with E-state index in [9.17, 15) is 4.79 Å². The number of aldehydes is 1. The van der Waals surface area contributed by atoms with Crippen molar-refractivity contribution < 1.29 is 19.0 Å². The van der Waals surface area contributed by atoms with Gasteiger partial charge in [0.1, 0.15) is 17.2 Å². The van der Waals surface area contributed by atoms with Crippen LogP contribution >= 0.6 is 0 Å². The predicted molar refractivity (Wildman–Crippen MR) is 74.6 cm³/mol. The van der Waals surface area contributed by atoms with Crippen LogP contribution in [0.15, 0.2) is 12.1 Å². The van der Waals surface area contributed by atoms with E-state index in [-0.39, 0.29) is 0 Å². The van der Waals surface area contributed by atoms with Crippen molar-refractivity contribution in [1.82, 2.24) is 0 Å². The highest BCUT2D eigenvalue weighted by atomic mass is 16.5. The molecule has 19 heavy (non-hydrogen) atoms. The Balaban J connectivity index is 2.71. The molecule has 0 N–H and O–H groups in total. The normalized spacial score (nSPS) is 10.1. The van der Waals surface area contributed by atoms with E-state index in [1.54, 1.807) is 12.1 Å². The molecule has 0 unspecified atom stereocenters. The van der Waals surface area contributed by atoms with Gasteiger partial charge in [0, 0.05) is 12.1 Å². The van der Waals surface area contributed by atoms with Crippen molar-refractivity contribution in [2.24, 2.45) is 0 Å². The fourth-order valence-electron chi connectivity index (χ4n) is 1.83. The molecule has 0 bridgehead atoms. The van der Waals surface area contributed by atoms with Gasteiger partial charge in [-0.1, -0.05) is 26.2 Å². The lowest BCUT2D eigenvalue weighted by molar-refractivity contribution is 0.111. The molecule has 0 aliphatic rings. The highest BCUT2D eigenvalue weighted by Crippen LogP contribution is 2.32. The number of carbonyl (C=O) groups is 1. The summed E-state index contributed by atoms with van der Waals surface area (Å²) in [6.07, 6.45) is 5.34. The van der Waals surface area contributed by atoms with E-state index in [1.807, 2.05) is 0 Å². The van der Waals surface area contributed by atoms with E-state index >= 15 is 0 Å². The van der Waals surface area contributed by atoms with Crippen LogP contribution in [0.4, 0.5) is 0 Å². The maximum absolute atomic E-state index is 11.0. The molecule has 0 spiro atoms. The number of benzene rings is 1. The van der Waals surface area contributed by atoms with Crippen LogP contribution in [0, 0.1) is 0 Å². The lowest BCUT2D eigenvalue weighted by Gasteiger charge is -2.12. The highest BCUT2D eigenvalue weighted by Gasteiger charge is 2.12. The van der Waals surface area contributed by atoms with Gasteiger partial charge in [0.05, 0.1) is 26.4 Å². The van der Waals surface area contributed by atoms with Crippen LogP contribution in [-0.4, -0.2) is 27.1 Å². The minimum atomic E-state index is 0.406. The molecule has 1 aromatic rings. The SMILES string of the molecule is CCCCCCOc1cc(OC)c(C=O)c(OC)c1. The smallest absolute Gasteiger partial charge is 0.157 e. The molecule has 0 fully saturated rings. The largest absolute Gasteiger partial charge is 0.496 e. The minimum Gasteiger partial charge on any atom is -0.496 e. The van der Waals surface area contributed by atoms with Gasteiger partial charge in [-0.25, -0.2) is 0 Å². The number of ether oxygens (including phenoxy) is 3. The zero-order valence-electron chi connectivity index (χ0n) is 11.9. The van der Waals surface area contributed by atoms with E-state index in [1.165, 1.54) is 27.1 Å². The summed E-state index contributed by atoms with van der Waals surface area (Å²) in [6.45, 7) is 2.83. The van der Waals surface area contributed by atoms with Crippen molar-refractivity contribution in [1.29, 1.82) is 0 Å². The Hall–Kier alpha value is -1.71. The van der Waals surface area contributed by atoms with Crippen LogP contribution in [0.25, 0.3) is 0 Å². The van der Waals surface area contributed by atoms with E-state index < -0.39 is 0 Å². The standard InChI is InChI=1S/C15H22O4/c1-4-5-6-7-8-19-12-9-14(17-2)13(11-16)15(10-12)18-3/h9-11H,4-8H2,1-3H3. The van der Waals surface area contributed by atoms with Crippen molar-refractivity contribution in [3.63, 3.8) is 0 Å². The fraction of sp³-hybridized carbons (Fsp3) is 0.533. The van der Waals surface area contributed by atoms with Gasteiger partial charge in [-0.3, -0.25) is 4.79 Å². The summed E-state index contributed by atoms with van der Waals surface area (Å²) in [5.74, 6) is 1.60. The van der Waals surface area contributed by atoms with Crippen LogP contribution in [-0.2, 0) is 0 Å². The molecule has 0 radical (unpaired) electrons. The Morgan fingerprint density at radius 1 is 1.05 bits per heavy atom. The van der Waals surface area contributed by atoms with Crippen LogP contribution < -0.4 is 14.2 Å². The third-order valence-electron chi connectivity index (χ3n) is 2.90. The van der Waals surface area contributed by atoms with Gasteiger partial charge in [0.2, 0.25) is 0 Å². The van der Waals surface area contributed by atoms with Gasteiger partial charge in [-0.15, -0.1) is 0 Å². The number of unbranched alkanes of at least 4 members (excludes halogenated alkanes) is 3. The third kappa shape index (κ3) is 4.47. The molecule has 0 heterocycles. The molecule has 0 aliphatic carbocycles. The topological polar surface area (TPSA) is 44.8 Å². The van der Waals surface area contributed by atoms with Gasteiger partial charge >= 0.3 is 0 Å². The number of hydrogen-bond donors (Lipinski definition) is 0. The summed E-state index contributed by atoms with van der Waals surface area (Å²) in [7, 11) is 3.04. The molecule has 106 valence electrons. The molecule has 4 heteroatoms. The average Bonchev–Trinajstić information content (AvgIpc) is 2.45. The van der Waals surface area contributed by atoms with E-state index in [0.29, 0.717) is 29.4 Å². The van der Waals surface area contributed by atoms with Crippen LogP contribution in [0.1, 0.15) is 43.0 Å². The summed E-state index contributed by atoms with van der Waals surface area (Å²) in [4.78, 5) is 11.0. The molecule has 0 saturated heterocycles. The lowest BCUT2D eigenvalue weighted by Crippen LogP contribution is -2.01. The second-order valence-electron chi connectivity index (χ2n) is 4.27. The summed E-state index contributed by atoms with van der Waals surface area (Å²) in [5, 5.41) is 0. The van der Waals surface area contributed by atoms with Crippen LogP contribution in [0.5, 0.6) is 17.2 Å². The number of methoxy groups -OCH3 is 2. The summed E-state index contributed by atoms with van der Waals surface area (Å²) in [6, 6.07) is 3.43. The first-order valence-electron chi connectivity index (χ1n) is 6.60. The number of rotatable bonds is 9. The first kappa shape index (κ1) is 15.3. The highest BCUT2D eigenvalue weighted by molar-refractivity contribution is 5.84. The third-order valence-corrected chi connectivity index (χ3v) is 2.90. The monoisotopic (exact) mass is 266 g/mol.